The number of aliphatic hydroxyl groups is 2. The summed E-state index contributed by atoms with van der Waals surface area (Å²) in [5.41, 5.74) is 0. The van der Waals surface area contributed by atoms with Crippen molar-refractivity contribution in [2.24, 2.45) is 0 Å². The van der Waals surface area contributed by atoms with E-state index in [-0.39, 0.29) is 12.5 Å². The van der Waals surface area contributed by atoms with Crippen LogP contribution in [0.4, 0.5) is 0 Å². The number of allylic oxidation sites excluding steroid dienone is 2. The molecule has 0 aromatic heterocycles. The first-order valence-electron chi connectivity index (χ1n) is 13.9. The summed E-state index contributed by atoms with van der Waals surface area (Å²) in [5, 5.41) is 22.7. The zero-order valence-corrected chi connectivity index (χ0v) is 21.5. The number of hydrogen-bond donors (Lipinski definition) is 3. The summed E-state index contributed by atoms with van der Waals surface area (Å²) in [4.78, 5) is 12.2. The summed E-state index contributed by atoms with van der Waals surface area (Å²) in [7, 11) is 0. The molecule has 0 fully saturated rings. The van der Waals surface area contributed by atoms with Gasteiger partial charge in [-0.1, -0.05) is 109 Å². The Morgan fingerprint density at radius 1 is 0.719 bits per heavy atom. The first-order valence-corrected chi connectivity index (χ1v) is 13.9. The van der Waals surface area contributed by atoms with Gasteiger partial charge in [-0.05, 0) is 38.5 Å². The molecule has 0 rings (SSSR count). The van der Waals surface area contributed by atoms with Gasteiger partial charge >= 0.3 is 0 Å². The fourth-order valence-corrected chi connectivity index (χ4v) is 4.06. The summed E-state index contributed by atoms with van der Waals surface area (Å²) in [6.07, 6.45) is 26.8. The molecule has 190 valence electrons. The van der Waals surface area contributed by atoms with E-state index in [4.69, 9.17) is 0 Å². The van der Waals surface area contributed by atoms with Crippen LogP contribution in [0.5, 0.6) is 0 Å². The fourth-order valence-electron chi connectivity index (χ4n) is 4.06. The Labute approximate surface area is 199 Å². The van der Waals surface area contributed by atoms with Crippen LogP contribution in [0.3, 0.4) is 0 Å². The van der Waals surface area contributed by atoms with E-state index in [0.717, 1.165) is 25.7 Å². The first kappa shape index (κ1) is 31.1. The number of aliphatic hydroxyl groups excluding tert-OH is 2. The zero-order chi connectivity index (χ0) is 23.7. The van der Waals surface area contributed by atoms with Crippen molar-refractivity contribution in [2.75, 3.05) is 6.61 Å². The molecule has 3 N–H and O–H groups in total. The lowest BCUT2D eigenvalue weighted by Crippen LogP contribution is -2.45. The molecule has 32 heavy (non-hydrogen) atoms. The van der Waals surface area contributed by atoms with Gasteiger partial charge in [0.05, 0.1) is 18.8 Å². The Hall–Kier alpha value is -0.870. The molecule has 4 heteroatoms. The SMILES string of the molecule is CCCCC/C=C\CCCCCCCC(=O)NC(CO)C(O)CCCCCCCCCC. The van der Waals surface area contributed by atoms with E-state index < -0.39 is 12.1 Å². The summed E-state index contributed by atoms with van der Waals surface area (Å²) >= 11 is 0. The molecule has 0 aliphatic carbocycles. The molecule has 0 aromatic rings. The van der Waals surface area contributed by atoms with Crippen molar-refractivity contribution in [1.29, 1.82) is 0 Å². The molecule has 2 atom stereocenters. The first-order chi connectivity index (χ1) is 15.7. The van der Waals surface area contributed by atoms with Gasteiger partial charge in [-0.2, -0.15) is 0 Å². The van der Waals surface area contributed by atoms with Crippen LogP contribution in [0.15, 0.2) is 12.2 Å². The quantitative estimate of drug-likeness (QED) is 0.107. The Balaban J connectivity index is 3.65. The Morgan fingerprint density at radius 3 is 1.78 bits per heavy atom. The number of unbranched alkanes of at least 4 members (excludes halogenated alkanes) is 15. The van der Waals surface area contributed by atoms with E-state index in [9.17, 15) is 15.0 Å². The fraction of sp³-hybridized carbons (Fsp3) is 0.893. The van der Waals surface area contributed by atoms with Crippen LogP contribution in [0, 0.1) is 0 Å². The normalized spacial score (nSPS) is 13.5. The predicted molar refractivity (Wildman–Crippen MR) is 138 cm³/mol. The van der Waals surface area contributed by atoms with Gasteiger partial charge in [-0.25, -0.2) is 0 Å². The average Bonchev–Trinajstić information content (AvgIpc) is 2.79. The van der Waals surface area contributed by atoms with Crippen LogP contribution < -0.4 is 5.32 Å². The van der Waals surface area contributed by atoms with E-state index in [2.05, 4.69) is 31.3 Å². The van der Waals surface area contributed by atoms with Gasteiger partial charge in [0, 0.05) is 6.42 Å². The highest BCUT2D eigenvalue weighted by Crippen LogP contribution is 2.13. The van der Waals surface area contributed by atoms with E-state index in [1.165, 1.54) is 89.9 Å². The van der Waals surface area contributed by atoms with Gasteiger partial charge in [0.15, 0.2) is 0 Å². The third kappa shape index (κ3) is 21.0. The highest BCUT2D eigenvalue weighted by Gasteiger charge is 2.19. The molecule has 0 radical (unpaired) electrons. The maximum Gasteiger partial charge on any atom is 0.220 e. The lowest BCUT2D eigenvalue weighted by molar-refractivity contribution is -0.123. The minimum atomic E-state index is -0.654. The molecule has 0 aliphatic rings. The van der Waals surface area contributed by atoms with Crippen molar-refractivity contribution in [2.45, 2.75) is 154 Å². The number of nitrogens with one attached hydrogen (secondary N) is 1. The van der Waals surface area contributed by atoms with Crippen molar-refractivity contribution >= 4 is 5.91 Å². The largest absolute Gasteiger partial charge is 0.394 e. The standard InChI is InChI=1S/C28H55NO3/c1-3-5-7-9-11-13-14-15-16-18-20-22-24-28(32)29-26(25-30)27(31)23-21-19-17-12-10-8-6-4-2/h11,13,26-27,30-31H,3-10,12,14-25H2,1-2H3,(H,29,32)/b13-11-. The second-order valence-electron chi connectivity index (χ2n) is 9.46. The van der Waals surface area contributed by atoms with Crippen molar-refractivity contribution in [3.8, 4) is 0 Å². The molecule has 0 heterocycles. The van der Waals surface area contributed by atoms with Gasteiger partial charge in [0.25, 0.3) is 0 Å². The predicted octanol–water partition coefficient (Wildman–Crippen LogP) is 7.22. The minimum absolute atomic E-state index is 0.0472. The molecular weight excluding hydrogens is 398 g/mol. The summed E-state index contributed by atoms with van der Waals surface area (Å²) in [5.74, 6) is -0.0472. The van der Waals surface area contributed by atoms with Crippen LogP contribution in [0.2, 0.25) is 0 Å². The number of carbonyl (C=O) groups excluding carboxylic acids is 1. The molecule has 0 saturated carbocycles. The molecular formula is C28H55NO3. The molecule has 0 spiro atoms. The summed E-state index contributed by atoms with van der Waals surface area (Å²) < 4.78 is 0. The van der Waals surface area contributed by atoms with Crippen LogP contribution in [-0.4, -0.2) is 34.9 Å². The highest BCUT2D eigenvalue weighted by molar-refractivity contribution is 5.76. The molecule has 0 bridgehead atoms. The number of rotatable bonds is 24. The Morgan fingerprint density at radius 2 is 1.19 bits per heavy atom. The summed E-state index contributed by atoms with van der Waals surface area (Å²) in [6.45, 7) is 4.27. The second kappa shape index (κ2) is 24.8. The molecule has 4 nitrogen and oxygen atoms in total. The summed E-state index contributed by atoms with van der Waals surface area (Å²) in [6, 6.07) is -0.531. The topological polar surface area (TPSA) is 69.6 Å². The third-order valence-electron chi connectivity index (χ3n) is 6.28. The van der Waals surface area contributed by atoms with Crippen LogP contribution in [-0.2, 0) is 4.79 Å². The van der Waals surface area contributed by atoms with Gasteiger partial charge in [0.1, 0.15) is 0 Å². The van der Waals surface area contributed by atoms with Crippen molar-refractivity contribution in [1.82, 2.24) is 5.32 Å². The van der Waals surface area contributed by atoms with Gasteiger partial charge < -0.3 is 15.5 Å². The Kier molecular flexibility index (Phi) is 24.1. The maximum atomic E-state index is 12.2. The lowest BCUT2D eigenvalue weighted by atomic mass is 10.0. The molecule has 0 aliphatic heterocycles. The number of carbonyl (C=O) groups is 1. The van der Waals surface area contributed by atoms with Gasteiger partial charge in [0.2, 0.25) is 5.91 Å². The van der Waals surface area contributed by atoms with Gasteiger partial charge in [-0.15, -0.1) is 0 Å². The van der Waals surface area contributed by atoms with Crippen LogP contribution >= 0.6 is 0 Å². The van der Waals surface area contributed by atoms with E-state index >= 15 is 0 Å². The van der Waals surface area contributed by atoms with E-state index in [0.29, 0.717) is 12.8 Å². The van der Waals surface area contributed by atoms with E-state index in [1.807, 2.05) is 0 Å². The van der Waals surface area contributed by atoms with Crippen LogP contribution in [0.25, 0.3) is 0 Å². The molecule has 1 amide bonds. The molecule has 0 saturated heterocycles. The zero-order valence-electron chi connectivity index (χ0n) is 21.5. The van der Waals surface area contributed by atoms with Crippen molar-refractivity contribution in [3.63, 3.8) is 0 Å². The average molecular weight is 454 g/mol. The molecule has 0 aromatic carbocycles. The van der Waals surface area contributed by atoms with E-state index in [1.54, 1.807) is 0 Å². The number of amides is 1. The smallest absolute Gasteiger partial charge is 0.220 e. The highest BCUT2D eigenvalue weighted by atomic mass is 16.3. The van der Waals surface area contributed by atoms with Crippen LogP contribution in [0.1, 0.15) is 142 Å². The molecule has 2 unspecified atom stereocenters. The second-order valence-corrected chi connectivity index (χ2v) is 9.46. The van der Waals surface area contributed by atoms with Crippen molar-refractivity contribution in [3.05, 3.63) is 12.2 Å². The number of hydrogen-bond acceptors (Lipinski definition) is 3. The lowest BCUT2D eigenvalue weighted by Gasteiger charge is -2.22. The monoisotopic (exact) mass is 453 g/mol. The van der Waals surface area contributed by atoms with Gasteiger partial charge in [-0.3, -0.25) is 4.79 Å². The van der Waals surface area contributed by atoms with Crippen molar-refractivity contribution < 1.29 is 15.0 Å². The maximum absolute atomic E-state index is 12.2. The minimum Gasteiger partial charge on any atom is -0.394 e. The third-order valence-corrected chi connectivity index (χ3v) is 6.28. The Bertz CT molecular complexity index is 425.